The van der Waals surface area contributed by atoms with Crippen LogP contribution in [-0.4, -0.2) is 16.0 Å². The molecule has 2 N–H and O–H groups in total. The minimum absolute atomic E-state index is 0.195. The zero-order valence-corrected chi connectivity index (χ0v) is 11.4. The van der Waals surface area contributed by atoms with E-state index in [9.17, 15) is 0 Å². The van der Waals surface area contributed by atoms with E-state index in [2.05, 4.69) is 35.1 Å². The van der Waals surface area contributed by atoms with Crippen LogP contribution in [-0.2, 0) is 6.42 Å². The second kappa shape index (κ2) is 5.98. The minimum Gasteiger partial charge on any atom is -0.328 e. The predicted octanol–water partition coefficient (Wildman–Crippen LogP) is 2.83. The van der Waals surface area contributed by atoms with Crippen molar-refractivity contribution in [3.05, 3.63) is 47.8 Å². The molecule has 1 heterocycles. The van der Waals surface area contributed by atoms with E-state index in [0.29, 0.717) is 0 Å². The van der Waals surface area contributed by atoms with Gasteiger partial charge in [0.15, 0.2) is 5.16 Å². The van der Waals surface area contributed by atoms with Gasteiger partial charge in [-0.05, 0) is 55.3 Å². The molecule has 0 amide bonds. The summed E-state index contributed by atoms with van der Waals surface area (Å²) >= 11 is 1.59. The molecular formula is C14H17N3S. The number of hydrogen-bond donors (Lipinski definition) is 1. The van der Waals surface area contributed by atoms with Crippen molar-refractivity contribution in [2.45, 2.75) is 36.4 Å². The molecule has 18 heavy (non-hydrogen) atoms. The molecule has 0 fully saturated rings. The highest BCUT2D eigenvalue weighted by molar-refractivity contribution is 7.99. The molecule has 94 valence electrons. The normalized spacial score (nSPS) is 12.4. The quantitative estimate of drug-likeness (QED) is 0.858. The van der Waals surface area contributed by atoms with Crippen LogP contribution >= 0.6 is 11.8 Å². The maximum absolute atomic E-state index is 5.81. The lowest BCUT2D eigenvalue weighted by atomic mass is 10.1. The van der Waals surface area contributed by atoms with Crippen molar-refractivity contribution < 1.29 is 0 Å². The van der Waals surface area contributed by atoms with E-state index in [1.54, 1.807) is 24.2 Å². The van der Waals surface area contributed by atoms with Crippen LogP contribution in [0, 0.1) is 6.92 Å². The van der Waals surface area contributed by atoms with E-state index >= 15 is 0 Å². The first-order valence-electron chi connectivity index (χ1n) is 5.95. The molecule has 0 aliphatic carbocycles. The monoisotopic (exact) mass is 259 g/mol. The smallest absolute Gasteiger partial charge is 0.192 e. The summed E-state index contributed by atoms with van der Waals surface area (Å²) in [7, 11) is 0. The van der Waals surface area contributed by atoms with Gasteiger partial charge in [-0.25, -0.2) is 9.97 Å². The second-order valence-corrected chi connectivity index (χ2v) is 5.42. The lowest BCUT2D eigenvalue weighted by molar-refractivity contribution is 0.737. The number of aromatic nitrogens is 2. The molecule has 4 heteroatoms. The molecule has 1 atom stereocenters. The van der Waals surface area contributed by atoms with Crippen LogP contribution in [0.1, 0.15) is 18.1 Å². The second-order valence-electron chi connectivity index (χ2n) is 4.41. The van der Waals surface area contributed by atoms with Gasteiger partial charge in [0.25, 0.3) is 0 Å². The summed E-state index contributed by atoms with van der Waals surface area (Å²) in [5.74, 6) is 0. The highest BCUT2D eigenvalue weighted by atomic mass is 32.2. The van der Waals surface area contributed by atoms with Gasteiger partial charge >= 0.3 is 0 Å². The highest BCUT2D eigenvalue weighted by Gasteiger charge is 2.05. The van der Waals surface area contributed by atoms with E-state index < -0.39 is 0 Å². The Morgan fingerprint density at radius 1 is 1.28 bits per heavy atom. The first-order valence-corrected chi connectivity index (χ1v) is 6.77. The number of aryl methyl sites for hydroxylation is 1. The molecule has 1 aromatic carbocycles. The van der Waals surface area contributed by atoms with Crippen LogP contribution in [0.5, 0.6) is 0 Å². The Morgan fingerprint density at radius 2 is 2.00 bits per heavy atom. The van der Waals surface area contributed by atoms with Crippen molar-refractivity contribution in [3.8, 4) is 0 Å². The van der Waals surface area contributed by atoms with Gasteiger partial charge in [0.1, 0.15) is 0 Å². The molecule has 0 saturated heterocycles. The number of nitrogens with zero attached hydrogens (tertiary/aromatic N) is 2. The lowest BCUT2D eigenvalue weighted by Gasteiger charge is -2.09. The molecule has 0 bridgehead atoms. The summed E-state index contributed by atoms with van der Waals surface area (Å²) in [5, 5.41) is 0.778. The standard InChI is InChI=1S/C14H17N3S/c1-10-8-12(9-11(2)15)4-5-13(10)18-14-16-6-3-7-17-14/h3-8,11H,9,15H2,1-2H3. The Bertz CT molecular complexity index is 512. The van der Waals surface area contributed by atoms with Crippen LogP contribution in [0.25, 0.3) is 0 Å². The van der Waals surface area contributed by atoms with E-state index in [1.807, 2.05) is 13.0 Å². The van der Waals surface area contributed by atoms with Gasteiger partial charge in [-0.1, -0.05) is 12.1 Å². The summed E-state index contributed by atoms with van der Waals surface area (Å²) in [6.07, 6.45) is 4.43. The van der Waals surface area contributed by atoms with Crippen molar-refractivity contribution in [1.82, 2.24) is 9.97 Å². The van der Waals surface area contributed by atoms with E-state index in [1.165, 1.54) is 16.0 Å². The number of hydrogen-bond acceptors (Lipinski definition) is 4. The zero-order chi connectivity index (χ0) is 13.0. The van der Waals surface area contributed by atoms with Gasteiger partial charge in [-0.2, -0.15) is 0 Å². The fourth-order valence-corrected chi connectivity index (χ4v) is 2.54. The average molecular weight is 259 g/mol. The molecule has 3 nitrogen and oxygen atoms in total. The molecule has 1 aromatic heterocycles. The molecule has 0 saturated carbocycles. The Kier molecular flexibility index (Phi) is 4.33. The number of benzene rings is 1. The van der Waals surface area contributed by atoms with Crippen LogP contribution in [0.2, 0.25) is 0 Å². The Balaban J connectivity index is 2.15. The van der Waals surface area contributed by atoms with Crippen molar-refractivity contribution in [1.29, 1.82) is 0 Å². The zero-order valence-electron chi connectivity index (χ0n) is 10.6. The minimum atomic E-state index is 0.195. The molecule has 0 aliphatic rings. The third-order valence-corrected chi connectivity index (χ3v) is 3.61. The molecule has 0 aliphatic heterocycles. The fourth-order valence-electron chi connectivity index (χ4n) is 1.76. The molecule has 2 aromatic rings. The summed E-state index contributed by atoms with van der Waals surface area (Å²) in [4.78, 5) is 9.63. The van der Waals surface area contributed by atoms with Crippen LogP contribution in [0.3, 0.4) is 0 Å². The van der Waals surface area contributed by atoms with E-state index in [-0.39, 0.29) is 6.04 Å². The Hall–Kier alpha value is -1.39. The summed E-state index contributed by atoms with van der Waals surface area (Å²) in [6, 6.07) is 8.45. The van der Waals surface area contributed by atoms with Gasteiger partial charge in [-0.3, -0.25) is 0 Å². The fraction of sp³-hybridized carbons (Fsp3) is 0.286. The Morgan fingerprint density at radius 3 is 2.61 bits per heavy atom. The first kappa shape index (κ1) is 13.1. The summed E-state index contributed by atoms with van der Waals surface area (Å²) in [6.45, 7) is 4.13. The van der Waals surface area contributed by atoms with Gasteiger partial charge in [0, 0.05) is 23.3 Å². The van der Waals surface area contributed by atoms with Crippen molar-refractivity contribution in [3.63, 3.8) is 0 Å². The SMILES string of the molecule is Cc1cc(CC(C)N)ccc1Sc1ncccn1. The van der Waals surface area contributed by atoms with Crippen molar-refractivity contribution in [2.75, 3.05) is 0 Å². The molecule has 1 unspecified atom stereocenters. The maximum atomic E-state index is 5.81. The third-order valence-electron chi connectivity index (χ3n) is 2.54. The number of rotatable bonds is 4. The molecule has 0 spiro atoms. The molecule has 0 radical (unpaired) electrons. The van der Waals surface area contributed by atoms with E-state index in [0.717, 1.165) is 11.6 Å². The lowest BCUT2D eigenvalue weighted by Crippen LogP contribution is -2.17. The van der Waals surface area contributed by atoms with Crippen LogP contribution < -0.4 is 5.73 Å². The average Bonchev–Trinajstić information content (AvgIpc) is 2.33. The van der Waals surface area contributed by atoms with Gasteiger partial charge in [0.2, 0.25) is 0 Å². The third kappa shape index (κ3) is 3.55. The van der Waals surface area contributed by atoms with Crippen molar-refractivity contribution in [2.24, 2.45) is 5.73 Å². The highest BCUT2D eigenvalue weighted by Crippen LogP contribution is 2.28. The van der Waals surface area contributed by atoms with Crippen LogP contribution in [0.15, 0.2) is 46.7 Å². The summed E-state index contributed by atoms with van der Waals surface area (Å²) < 4.78 is 0. The van der Waals surface area contributed by atoms with E-state index in [4.69, 9.17) is 5.73 Å². The topological polar surface area (TPSA) is 51.8 Å². The van der Waals surface area contributed by atoms with Gasteiger partial charge < -0.3 is 5.73 Å². The van der Waals surface area contributed by atoms with Gasteiger partial charge in [0.05, 0.1) is 0 Å². The number of nitrogens with two attached hydrogens (primary N) is 1. The van der Waals surface area contributed by atoms with Gasteiger partial charge in [-0.15, -0.1) is 0 Å². The Labute approximate surface area is 112 Å². The molecule has 2 rings (SSSR count). The predicted molar refractivity (Wildman–Crippen MR) is 74.7 cm³/mol. The van der Waals surface area contributed by atoms with Crippen molar-refractivity contribution >= 4 is 11.8 Å². The largest absolute Gasteiger partial charge is 0.328 e. The van der Waals surface area contributed by atoms with Crippen LogP contribution in [0.4, 0.5) is 0 Å². The molecular weight excluding hydrogens is 242 g/mol. The first-order chi connectivity index (χ1) is 8.65. The maximum Gasteiger partial charge on any atom is 0.192 e. The summed E-state index contributed by atoms with van der Waals surface area (Å²) in [5.41, 5.74) is 8.33.